The number of nitrogens with one attached hydrogen (secondary N) is 1. The van der Waals surface area contributed by atoms with Crippen molar-refractivity contribution >= 4 is 34.2 Å². The molecule has 2 nitrogen and oxygen atoms in total. The van der Waals surface area contributed by atoms with Crippen molar-refractivity contribution in [1.29, 1.82) is 0 Å². The maximum Gasteiger partial charge on any atom is 0.133 e. The molecule has 0 saturated heterocycles. The Morgan fingerprint density at radius 3 is 2.70 bits per heavy atom. The van der Waals surface area contributed by atoms with Crippen molar-refractivity contribution in [3.63, 3.8) is 0 Å². The van der Waals surface area contributed by atoms with Crippen molar-refractivity contribution in [3.05, 3.63) is 56.6 Å². The Labute approximate surface area is 138 Å². The minimum atomic E-state index is 0.427. The third-order valence-corrected chi connectivity index (χ3v) is 3.66. The van der Waals surface area contributed by atoms with Crippen molar-refractivity contribution in [1.82, 2.24) is 5.32 Å². The summed E-state index contributed by atoms with van der Waals surface area (Å²) in [4.78, 5) is 0. The molecule has 0 radical (unpaired) electrons. The lowest BCUT2D eigenvalue weighted by Gasteiger charge is -2.14. The summed E-state index contributed by atoms with van der Waals surface area (Å²) in [6, 6.07) is 14.1. The van der Waals surface area contributed by atoms with Gasteiger partial charge in [0.2, 0.25) is 0 Å². The van der Waals surface area contributed by atoms with E-state index in [9.17, 15) is 0 Å². The number of ether oxygens (including phenoxy) is 1. The highest BCUT2D eigenvalue weighted by molar-refractivity contribution is 14.1. The smallest absolute Gasteiger partial charge is 0.133 e. The number of rotatable bonds is 5. The summed E-state index contributed by atoms with van der Waals surface area (Å²) >= 11 is 8.35. The molecule has 0 saturated carbocycles. The number of benzene rings is 2. The second-order valence-corrected chi connectivity index (χ2v) is 6.53. The molecule has 0 aromatic heterocycles. The highest BCUT2D eigenvalue weighted by atomic mass is 127. The Morgan fingerprint density at radius 1 is 1.20 bits per heavy atom. The largest absolute Gasteiger partial charge is 0.457 e. The van der Waals surface area contributed by atoms with E-state index >= 15 is 0 Å². The van der Waals surface area contributed by atoms with E-state index in [1.165, 1.54) is 0 Å². The zero-order chi connectivity index (χ0) is 14.5. The molecular weight excluding hydrogens is 385 g/mol. The molecule has 2 aromatic carbocycles. The second-order valence-electron chi connectivity index (χ2n) is 4.85. The molecule has 0 aliphatic heterocycles. The third-order valence-electron chi connectivity index (χ3n) is 2.75. The first-order chi connectivity index (χ1) is 9.54. The lowest BCUT2D eigenvalue weighted by Crippen LogP contribution is -2.22. The molecule has 0 amide bonds. The molecule has 2 rings (SSSR count). The van der Waals surface area contributed by atoms with Crippen LogP contribution in [0, 0.1) is 3.57 Å². The van der Waals surface area contributed by atoms with Crippen LogP contribution in [0.5, 0.6) is 11.5 Å². The second kappa shape index (κ2) is 7.29. The van der Waals surface area contributed by atoms with Gasteiger partial charge in [-0.15, -0.1) is 0 Å². The van der Waals surface area contributed by atoms with E-state index < -0.39 is 0 Å². The first kappa shape index (κ1) is 15.6. The summed E-state index contributed by atoms with van der Waals surface area (Å²) in [6.07, 6.45) is 0. The first-order valence-corrected chi connectivity index (χ1v) is 7.95. The lowest BCUT2D eigenvalue weighted by molar-refractivity contribution is 0.469. The van der Waals surface area contributed by atoms with Gasteiger partial charge in [0.15, 0.2) is 0 Å². The van der Waals surface area contributed by atoms with E-state index in [0.717, 1.165) is 27.2 Å². The van der Waals surface area contributed by atoms with E-state index in [1.54, 1.807) is 0 Å². The Balaban J connectivity index is 2.22. The zero-order valence-electron chi connectivity index (χ0n) is 11.5. The monoisotopic (exact) mass is 401 g/mol. The average Bonchev–Trinajstić information content (AvgIpc) is 2.37. The van der Waals surface area contributed by atoms with Gasteiger partial charge in [0, 0.05) is 26.7 Å². The summed E-state index contributed by atoms with van der Waals surface area (Å²) in [5, 5.41) is 4.07. The van der Waals surface area contributed by atoms with E-state index in [0.29, 0.717) is 11.1 Å². The Kier molecular flexibility index (Phi) is 5.69. The molecule has 1 N–H and O–H groups in total. The molecule has 0 spiro atoms. The van der Waals surface area contributed by atoms with Gasteiger partial charge in [-0.25, -0.2) is 0 Å². The van der Waals surface area contributed by atoms with Gasteiger partial charge in [-0.05, 0) is 52.9 Å². The summed E-state index contributed by atoms with van der Waals surface area (Å²) in [7, 11) is 0. The molecule has 106 valence electrons. The van der Waals surface area contributed by atoms with Gasteiger partial charge < -0.3 is 10.1 Å². The minimum absolute atomic E-state index is 0.427. The molecule has 4 heteroatoms. The van der Waals surface area contributed by atoms with Crippen LogP contribution in [0.15, 0.2) is 42.5 Å². The Morgan fingerprint density at radius 2 is 2.00 bits per heavy atom. The molecule has 2 aromatic rings. The SMILES string of the molecule is CC(C)NCc1ccc(Cl)cc1Oc1cccc(I)c1. The van der Waals surface area contributed by atoms with Crippen LogP contribution in [0.4, 0.5) is 0 Å². The summed E-state index contributed by atoms with van der Waals surface area (Å²) in [5.41, 5.74) is 1.10. The standard InChI is InChI=1S/C16H17ClINO/c1-11(2)19-10-12-6-7-13(17)8-16(12)20-15-5-3-4-14(18)9-15/h3-9,11,19H,10H2,1-2H3. The van der Waals surface area contributed by atoms with Crippen LogP contribution in [0.25, 0.3) is 0 Å². The number of hydrogen-bond donors (Lipinski definition) is 1. The first-order valence-electron chi connectivity index (χ1n) is 6.50. The maximum absolute atomic E-state index is 6.08. The van der Waals surface area contributed by atoms with Gasteiger partial charge in [-0.2, -0.15) is 0 Å². The molecule has 0 fully saturated rings. The normalized spacial score (nSPS) is 10.8. The van der Waals surface area contributed by atoms with Gasteiger partial charge >= 0.3 is 0 Å². The van der Waals surface area contributed by atoms with E-state index in [4.69, 9.17) is 16.3 Å². The number of halogens is 2. The number of hydrogen-bond acceptors (Lipinski definition) is 2. The highest BCUT2D eigenvalue weighted by Crippen LogP contribution is 2.29. The third kappa shape index (κ3) is 4.65. The van der Waals surface area contributed by atoms with Crippen molar-refractivity contribution < 1.29 is 4.74 Å². The average molecular weight is 402 g/mol. The molecule has 0 bridgehead atoms. The quantitative estimate of drug-likeness (QED) is 0.692. The van der Waals surface area contributed by atoms with Crippen molar-refractivity contribution in [3.8, 4) is 11.5 Å². The van der Waals surface area contributed by atoms with Crippen LogP contribution in [0.3, 0.4) is 0 Å². The van der Waals surface area contributed by atoms with Gasteiger partial charge in [-0.1, -0.05) is 37.6 Å². The van der Waals surface area contributed by atoms with Gasteiger partial charge in [0.05, 0.1) is 0 Å². The van der Waals surface area contributed by atoms with Crippen molar-refractivity contribution in [2.75, 3.05) is 0 Å². The molecular formula is C16H17ClINO. The van der Waals surface area contributed by atoms with Gasteiger partial charge in [-0.3, -0.25) is 0 Å². The van der Waals surface area contributed by atoms with E-state index in [-0.39, 0.29) is 0 Å². The van der Waals surface area contributed by atoms with Crippen molar-refractivity contribution in [2.45, 2.75) is 26.4 Å². The van der Waals surface area contributed by atoms with E-state index in [2.05, 4.69) is 41.8 Å². The minimum Gasteiger partial charge on any atom is -0.457 e. The summed E-state index contributed by atoms with van der Waals surface area (Å²) < 4.78 is 7.12. The van der Waals surface area contributed by atoms with Crippen molar-refractivity contribution in [2.24, 2.45) is 0 Å². The molecule has 0 aliphatic carbocycles. The fraction of sp³-hybridized carbons (Fsp3) is 0.250. The fourth-order valence-corrected chi connectivity index (χ4v) is 2.42. The maximum atomic E-state index is 6.08. The molecule has 0 aliphatic rings. The zero-order valence-corrected chi connectivity index (χ0v) is 14.4. The predicted molar refractivity (Wildman–Crippen MR) is 92.7 cm³/mol. The van der Waals surface area contributed by atoms with E-state index in [1.807, 2.05) is 42.5 Å². The Hall–Kier alpha value is -0.780. The molecule has 0 heterocycles. The van der Waals surface area contributed by atoms with Crippen LogP contribution < -0.4 is 10.1 Å². The van der Waals surface area contributed by atoms with Crippen LogP contribution in [-0.4, -0.2) is 6.04 Å². The fourth-order valence-electron chi connectivity index (χ4n) is 1.74. The molecule has 0 atom stereocenters. The molecule has 0 unspecified atom stereocenters. The predicted octanol–water partition coefficient (Wildman–Crippen LogP) is 5.23. The van der Waals surface area contributed by atoms with Gasteiger partial charge in [0.1, 0.15) is 11.5 Å². The van der Waals surface area contributed by atoms with Crippen LogP contribution in [0.2, 0.25) is 5.02 Å². The summed E-state index contributed by atoms with van der Waals surface area (Å²) in [6.45, 7) is 5.00. The Bertz CT molecular complexity index is 586. The highest BCUT2D eigenvalue weighted by Gasteiger charge is 2.07. The molecule has 20 heavy (non-hydrogen) atoms. The van der Waals surface area contributed by atoms with Gasteiger partial charge in [0.25, 0.3) is 0 Å². The van der Waals surface area contributed by atoms with Crippen LogP contribution >= 0.6 is 34.2 Å². The topological polar surface area (TPSA) is 21.3 Å². The van der Waals surface area contributed by atoms with Crippen LogP contribution in [-0.2, 0) is 6.54 Å². The van der Waals surface area contributed by atoms with Crippen LogP contribution in [0.1, 0.15) is 19.4 Å². The summed E-state index contributed by atoms with van der Waals surface area (Å²) in [5.74, 6) is 1.62. The lowest BCUT2D eigenvalue weighted by atomic mass is 10.2.